The second kappa shape index (κ2) is 7.87. The number of nitrogens with zero attached hydrogens (tertiary/aromatic N) is 2. The molecular formula is C19H19Cl3N2O2. The molecular weight excluding hydrogens is 395 g/mol. The van der Waals surface area contributed by atoms with E-state index >= 15 is 0 Å². The molecule has 0 saturated carbocycles. The molecule has 0 atom stereocenters. The number of hydrazine groups is 1. The van der Waals surface area contributed by atoms with Crippen LogP contribution < -0.4 is 0 Å². The first-order valence-corrected chi connectivity index (χ1v) is 8.97. The van der Waals surface area contributed by atoms with E-state index in [-0.39, 0.29) is 5.56 Å². The van der Waals surface area contributed by atoms with Crippen LogP contribution in [0.4, 0.5) is 0 Å². The fourth-order valence-electron chi connectivity index (χ4n) is 2.34. The molecule has 26 heavy (non-hydrogen) atoms. The summed E-state index contributed by atoms with van der Waals surface area (Å²) in [5.41, 5.74) is 0.884. The fraction of sp³-hybridized carbons (Fsp3) is 0.263. The third-order valence-electron chi connectivity index (χ3n) is 3.58. The summed E-state index contributed by atoms with van der Waals surface area (Å²) in [4.78, 5) is 25.8. The number of benzene rings is 2. The first kappa shape index (κ1) is 20.6. The van der Waals surface area contributed by atoms with Crippen LogP contribution in [-0.4, -0.2) is 26.9 Å². The quantitative estimate of drug-likeness (QED) is 0.464. The maximum absolute atomic E-state index is 13.0. The van der Waals surface area contributed by atoms with E-state index in [0.29, 0.717) is 15.6 Å². The molecule has 0 aliphatic heterocycles. The van der Waals surface area contributed by atoms with Gasteiger partial charge in [0.25, 0.3) is 11.8 Å². The molecule has 0 aromatic heterocycles. The topological polar surface area (TPSA) is 40.6 Å². The summed E-state index contributed by atoms with van der Waals surface area (Å²) in [6.07, 6.45) is 0. The lowest BCUT2D eigenvalue weighted by molar-refractivity contribution is -0.00370. The predicted molar refractivity (Wildman–Crippen MR) is 106 cm³/mol. The molecule has 0 bridgehead atoms. The van der Waals surface area contributed by atoms with Crippen molar-refractivity contribution in [2.75, 3.05) is 0 Å². The van der Waals surface area contributed by atoms with Gasteiger partial charge >= 0.3 is 0 Å². The van der Waals surface area contributed by atoms with Crippen molar-refractivity contribution in [1.82, 2.24) is 9.54 Å². The van der Waals surface area contributed by atoms with Gasteiger partial charge in [-0.1, -0.05) is 40.9 Å². The van der Waals surface area contributed by atoms with Gasteiger partial charge in [0.15, 0.2) is 0 Å². The van der Waals surface area contributed by atoms with Gasteiger partial charge in [0.2, 0.25) is 0 Å². The zero-order valence-electron chi connectivity index (χ0n) is 14.9. The van der Waals surface area contributed by atoms with Gasteiger partial charge in [-0.2, -0.15) is 4.53 Å². The molecule has 0 aliphatic rings. The van der Waals surface area contributed by atoms with Crippen LogP contribution in [0.1, 0.15) is 47.1 Å². The normalized spacial score (nSPS) is 11.2. The van der Waals surface area contributed by atoms with Gasteiger partial charge in [-0.25, -0.2) is 5.01 Å². The van der Waals surface area contributed by atoms with Crippen LogP contribution in [0.25, 0.3) is 0 Å². The molecule has 2 amide bonds. The number of aryl methyl sites for hydroxylation is 1. The molecule has 0 unspecified atom stereocenters. The second-order valence-electron chi connectivity index (χ2n) is 6.88. The Balaban J connectivity index is 2.41. The van der Waals surface area contributed by atoms with Crippen molar-refractivity contribution < 1.29 is 9.59 Å². The Kier molecular flexibility index (Phi) is 6.22. The Morgan fingerprint density at radius 1 is 0.846 bits per heavy atom. The van der Waals surface area contributed by atoms with E-state index in [4.69, 9.17) is 35.0 Å². The molecule has 0 saturated heterocycles. The number of hydrogen-bond acceptors (Lipinski definition) is 2. The van der Waals surface area contributed by atoms with Gasteiger partial charge in [-0.15, -0.1) is 0 Å². The number of amides is 2. The van der Waals surface area contributed by atoms with E-state index < -0.39 is 17.4 Å². The van der Waals surface area contributed by atoms with Crippen LogP contribution in [0.3, 0.4) is 0 Å². The zero-order chi connectivity index (χ0) is 19.6. The molecule has 2 aromatic carbocycles. The summed E-state index contributed by atoms with van der Waals surface area (Å²) in [5, 5.41) is 1.81. The highest BCUT2D eigenvalue weighted by Crippen LogP contribution is 2.26. The lowest BCUT2D eigenvalue weighted by Crippen LogP contribution is -2.54. The van der Waals surface area contributed by atoms with Crippen molar-refractivity contribution >= 4 is 46.8 Å². The highest BCUT2D eigenvalue weighted by atomic mass is 35.5. The van der Waals surface area contributed by atoms with Crippen molar-refractivity contribution in [1.29, 1.82) is 0 Å². The molecule has 0 aliphatic carbocycles. The van der Waals surface area contributed by atoms with Crippen molar-refractivity contribution in [3.63, 3.8) is 0 Å². The fourth-order valence-corrected chi connectivity index (χ4v) is 3.26. The molecule has 4 nitrogen and oxygen atoms in total. The van der Waals surface area contributed by atoms with Crippen LogP contribution >= 0.6 is 35.0 Å². The highest BCUT2D eigenvalue weighted by molar-refractivity contribution is 6.35. The molecule has 2 rings (SSSR count). The largest absolute Gasteiger partial charge is 0.287 e. The Morgan fingerprint density at radius 2 is 1.35 bits per heavy atom. The Morgan fingerprint density at radius 3 is 1.81 bits per heavy atom. The zero-order valence-corrected chi connectivity index (χ0v) is 17.2. The number of carbonyl (C=O) groups excluding carboxylic acids is 2. The minimum absolute atomic E-state index is 0.184. The van der Waals surface area contributed by atoms with Gasteiger partial charge in [0, 0.05) is 32.9 Å². The van der Waals surface area contributed by atoms with Gasteiger partial charge in [0.1, 0.15) is 0 Å². The summed E-state index contributed by atoms with van der Waals surface area (Å²) < 4.78 is 0.782. The van der Waals surface area contributed by atoms with E-state index in [2.05, 4.69) is 0 Å². The van der Waals surface area contributed by atoms with E-state index in [1.54, 1.807) is 32.9 Å². The Bertz CT molecular complexity index is 809. The van der Waals surface area contributed by atoms with Crippen molar-refractivity contribution in [2.24, 2.45) is 0 Å². The first-order valence-electron chi connectivity index (χ1n) is 7.88. The SMILES string of the molecule is Cc1ccc(C(=O)N(N(Cl)C(=O)c2cc(Cl)cc(Cl)c2)C(C)(C)C)cc1. The standard InChI is InChI=1S/C19H19Cl3N2O2/c1-12-5-7-13(8-6-12)17(25)23(19(2,3)4)24(22)18(26)14-9-15(20)11-16(21)10-14/h5-11H,1-4H3. The number of carbonyl (C=O) groups is 2. The molecule has 0 heterocycles. The number of hydrogen-bond donors (Lipinski definition) is 0. The van der Waals surface area contributed by atoms with E-state index in [1.807, 2.05) is 19.1 Å². The van der Waals surface area contributed by atoms with E-state index in [1.165, 1.54) is 23.2 Å². The molecule has 7 heteroatoms. The third-order valence-corrected chi connectivity index (χ3v) is 4.32. The predicted octanol–water partition coefficient (Wildman–Crippen LogP) is 5.75. The van der Waals surface area contributed by atoms with Gasteiger partial charge < -0.3 is 0 Å². The molecule has 0 radical (unpaired) electrons. The average molecular weight is 414 g/mol. The molecule has 0 spiro atoms. The van der Waals surface area contributed by atoms with Gasteiger partial charge in [0.05, 0.1) is 5.54 Å². The van der Waals surface area contributed by atoms with Crippen LogP contribution in [-0.2, 0) is 0 Å². The Labute approximate surface area is 168 Å². The van der Waals surface area contributed by atoms with Crippen molar-refractivity contribution in [2.45, 2.75) is 33.2 Å². The molecule has 0 N–H and O–H groups in total. The summed E-state index contributed by atoms with van der Waals surface area (Å²) in [7, 11) is 0. The summed E-state index contributed by atoms with van der Waals surface area (Å²) in [6, 6.07) is 11.4. The third kappa shape index (κ3) is 4.70. The van der Waals surface area contributed by atoms with Crippen LogP contribution in [0.15, 0.2) is 42.5 Å². The van der Waals surface area contributed by atoms with Crippen LogP contribution in [0.5, 0.6) is 0 Å². The number of rotatable bonds is 2. The molecule has 0 fully saturated rings. The van der Waals surface area contributed by atoms with Crippen molar-refractivity contribution in [3.8, 4) is 0 Å². The lowest BCUT2D eigenvalue weighted by Gasteiger charge is -2.39. The second-order valence-corrected chi connectivity index (χ2v) is 8.07. The van der Waals surface area contributed by atoms with Crippen LogP contribution in [0.2, 0.25) is 10.0 Å². The van der Waals surface area contributed by atoms with Crippen LogP contribution in [0, 0.1) is 6.92 Å². The van der Waals surface area contributed by atoms with E-state index in [9.17, 15) is 9.59 Å². The molecule has 2 aromatic rings. The smallest absolute Gasteiger partial charge is 0.267 e. The maximum Gasteiger partial charge on any atom is 0.287 e. The minimum atomic E-state index is -0.748. The Hall–Kier alpha value is -1.75. The van der Waals surface area contributed by atoms with E-state index in [0.717, 1.165) is 10.1 Å². The average Bonchev–Trinajstić information content (AvgIpc) is 2.52. The summed E-state index contributed by atoms with van der Waals surface area (Å²) in [6.45, 7) is 7.28. The summed E-state index contributed by atoms with van der Waals surface area (Å²) >= 11 is 18.2. The monoisotopic (exact) mass is 412 g/mol. The molecule has 138 valence electrons. The maximum atomic E-state index is 13.0. The number of halogens is 3. The van der Waals surface area contributed by atoms with Crippen molar-refractivity contribution in [3.05, 3.63) is 69.2 Å². The minimum Gasteiger partial charge on any atom is -0.267 e. The summed E-state index contributed by atoms with van der Waals surface area (Å²) in [5.74, 6) is -1.000. The highest BCUT2D eigenvalue weighted by Gasteiger charge is 2.35. The lowest BCUT2D eigenvalue weighted by atomic mass is 10.1. The van der Waals surface area contributed by atoms with Gasteiger partial charge in [-0.05, 0) is 58.0 Å². The first-order chi connectivity index (χ1) is 12.0. The van der Waals surface area contributed by atoms with Gasteiger partial charge in [-0.3, -0.25) is 9.59 Å².